The van der Waals surface area contributed by atoms with Crippen LogP contribution in [0, 0.1) is 5.82 Å². The number of amides is 2. The molecule has 1 aromatic heterocycles. The van der Waals surface area contributed by atoms with Crippen molar-refractivity contribution in [1.29, 1.82) is 0 Å². The van der Waals surface area contributed by atoms with E-state index < -0.39 is 5.82 Å². The second-order valence-corrected chi connectivity index (χ2v) is 7.12. The number of rotatable bonds is 6. The van der Waals surface area contributed by atoms with Crippen molar-refractivity contribution in [1.82, 2.24) is 15.0 Å². The Labute approximate surface area is 173 Å². The lowest BCUT2D eigenvalue weighted by molar-refractivity contribution is 0.0120. The van der Waals surface area contributed by atoms with Crippen molar-refractivity contribution in [3.63, 3.8) is 0 Å². The summed E-state index contributed by atoms with van der Waals surface area (Å²) < 4.78 is 25.0. The molecule has 1 N–H and O–H groups in total. The van der Waals surface area contributed by atoms with Crippen LogP contribution in [0.4, 0.5) is 14.9 Å². The molecule has 3 aromatic rings. The zero-order chi connectivity index (χ0) is 20.8. The number of para-hydroxylation sites is 1. The second kappa shape index (κ2) is 9.49. The van der Waals surface area contributed by atoms with Gasteiger partial charge in [-0.3, -0.25) is 0 Å². The van der Waals surface area contributed by atoms with E-state index in [1.807, 2.05) is 30.3 Å². The molecule has 2 amide bonds. The molecule has 0 spiro atoms. The van der Waals surface area contributed by atoms with Crippen molar-refractivity contribution < 1.29 is 18.4 Å². The van der Waals surface area contributed by atoms with E-state index >= 15 is 0 Å². The fourth-order valence-electron chi connectivity index (χ4n) is 3.39. The predicted octanol–water partition coefficient (Wildman–Crippen LogP) is 4.13. The molecular weight excluding hydrogens is 387 g/mol. The maximum absolute atomic E-state index is 13.8. The van der Waals surface area contributed by atoms with Crippen LogP contribution in [0.3, 0.4) is 0 Å². The Morgan fingerprint density at radius 3 is 2.83 bits per heavy atom. The summed E-state index contributed by atoms with van der Waals surface area (Å²) >= 11 is 0. The topological polar surface area (TPSA) is 80.5 Å². The van der Waals surface area contributed by atoms with Crippen LogP contribution in [0.1, 0.15) is 18.7 Å². The maximum Gasteiger partial charge on any atom is 0.322 e. The summed E-state index contributed by atoms with van der Waals surface area (Å²) in [6.45, 7) is 1.51. The van der Waals surface area contributed by atoms with Gasteiger partial charge < -0.3 is 19.5 Å². The van der Waals surface area contributed by atoms with Crippen molar-refractivity contribution in [2.75, 3.05) is 25.0 Å². The van der Waals surface area contributed by atoms with Gasteiger partial charge in [-0.05, 0) is 37.1 Å². The molecule has 4 rings (SSSR count). The van der Waals surface area contributed by atoms with Crippen LogP contribution in [0.15, 0.2) is 59.1 Å². The van der Waals surface area contributed by atoms with Gasteiger partial charge in [-0.1, -0.05) is 35.5 Å². The van der Waals surface area contributed by atoms with Crippen LogP contribution in [0.25, 0.3) is 11.5 Å². The summed E-state index contributed by atoms with van der Waals surface area (Å²) in [5.41, 5.74) is 1.05. The quantitative estimate of drug-likeness (QED) is 0.661. The van der Waals surface area contributed by atoms with Gasteiger partial charge in [-0.2, -0.15) is 4.98 Å². The summed E-state index contributed by atoms with van der Waals surface area (Å²) in [5.74, 6) is 0.615. The van der Waals surface area contributed by atoms with Crippen molar-refractivity contribution in [2.24, 2.45) is 0 Å². The van der Waals surface area contributed by atoms with E-state index in [9.17, 15) is 9.18 Å². The summed E-state index contributed by atoms with van der Waals surface area (Å²) in [7, 11) is 0. The summed E-state index contributed by atoms with van der Waals surface area (Å²) in [5, 5.41) is 6.62. The van der Waals surface area contributed by atoms with Crippen LogP contribution in [-0.4, -0.2) is 46.9 Å². The molecule has 7 nitrogen and oxygen atoms in total. The standard InChI is InChI=1S/C22H23FN4O3/c23-18-10-4-5-11-19(18)24-22(28)27-13-6-9-17(15-27)29-14-12-20-25-21(30-26-20)16-7-2-1-3-8-16/h1-5,7-8,10-11,17H,6,9,12-15H2,(H,24,28). The highest BCUT2D eigenvalue weighted by Crippen LogP contribution is 2.19. The van der Waals surface area contributed by atoms with Gasteiger partial charge in [0.05, 0.1) is 18.4 Å². The van der Waals surface area contributed by atoms with Crippen LogP contribution < -0.4 is 5.32 Å². The monoisotopic (exact) mass is 410 g/mol. The Bertz CT molecular complexity index is 979. The first-order chi connectivity index (χ1) is 14.7. The zero-order valence-corrected chi connectivity index (χ0v) is 16.5. The maximum atomic E-state index is 13.8. The molecule has 1 fully saturated rings. The van der Waals surface area contributed by atoms with E-state index in [1.54, 1.807) is 23.1 Å². The van der Waals surface area contributed by atoms with Crippen LogP contribution in [-0.2, 0) is 11.2 Å². The molecular formula is C22H23FN4O3. The van der Waals surface area contributed by atoms with Crippen molar-refractivity contribution in [3.8, 4) is 11.5 Å². The van der Waals surface area contributed by atoms with Gasteiger partial charge in [0.25, 0.3) is 5.89 Å². The van der Waals surface area contributed by atoms with E-state index in [0.29, 0.717) is 37.8 Å². The number of hydrogen-bond acceptors (Lipinski definition) is 5. The smallest absolute Gasteiger partial charge is 0.322 e. The third kappa shape index (κ3) is 5.01. The number of nitrogens with one attached hydrogen (secondary N) is 1. The lowest BCUT2D eigenvalue weighted by atomic mass is 10.1. The lowest BCUT2D eigenvalue weighted by Crippen LogP contribution is -2.45. The van der Waals surface area contributed by atoms with Crippen molar-refractivity contribution >= 4 is 11.7 Å². The van der Waals surface area contributed by atoms with E-state index in [-0.39, 0.29) is 17.8 Å². The highest BCUT2D eigenvalue weighted by atomic mass is 19.1. The van der Waals surface area contributed by atoms with Crippen molar-refractivity contribution in [2.45, 2.75) is 25.4 Å². The first-order valence-electron chi connectivity index (χ1n) is 9.99. The zero-order valence-electron chi connectivity index (χ0n) is 16.5. The molecule has 1 aliphatic heterocycles. The van der Waals surface area contributed by atoms with Gasteiger partial charge in [0.1, 0.15) is 5.82 Å². The number of likely N-dealkylation sites (tertiary alicyclic amines) is 1. The minimum absolute atomic E-state index is 0.0781. The molecule has 1 saturated heterocycles. The van der Waals surface area contributed by atoms with Gasteiger partial charge >= 0.3 is 6.03 Å². The average Bonchev–Trinajstić information content (AvgIpc) is 3.25. The molecule has 2 aromatic carbocycles. The molecule has 0 bridgehead atoms. The second-order valence-electron chi connectivity index (χ2n) is 7.12. The van der Waals surface area contributed by atoms with Crippen LogP contribution in [0.2, 0.25) is 0 Å². The first kappa shape index (κ1) is 20.0. The highest BCUT2D eigenvalue weighted by molar-refractivity contribution is 5.89. The van der Waals surface area contributed by atoms with Gasteiger partial charge in [0, 0.05) is 25.1 Å². The Balaban J connectivity index is 1.25. The number of ether oxygens (including phenoxy) is 1. The average molecular weight is 410 g/mol. The van der Waals surface area contributed by atoms with Gasteiger partial charge in [0.15, 0.2) is 5.82 Å². The molecule has 156 valence electrons. The van der Waals surface area contributed by atoms with Gasteiger partial charge in [0.2, 0.25) is 0 Å². The SMILES string of the molecule is O=C(Nc1ccccc1F)N1CCCC(OCCc2noc(-c3ccccc3)n2)C1. The summed E-state index contributed by atoms with van der Waals surface area (Å²) in [6, 6.07) is 15.4. The minimum Gasteiger partial charge on any atom is -0.376 e. The number of benzene rings is 2. The molecule has 1 atom stereocenters. The highest BCUT2D eigenvalue weighted by Gasteiger charge is 2.24. The minimum atomic E-state index is -0.453. The summed E-state index contributed by atoms with van der Waals surface area (Å²) in [4.78, 5) is 18.5. The van der Waals surface area contributed by atoms with Gasteiger partial charge in [-0.15, -0.1) is 0 Å². The first-order valence-corrected chi connectivity index (χ1v) is 9.99. The number of carbonyl (C=O) groups is 1. The fraction of sp³-hybridized carbons (Fsp3) is 0.318. The number of nitrogens with zero attached hydrogens (tertiary/aromatic N) is 3. The third-order valence-electron chi connectivity index (χ3n) is 4.95. The lowest BCUT2D eigenvalue weighted by Gasteiger charge is -2.32. The normalized spacial score (nSPS) is 16.4. The molecule has 0 radical (unpaired) electrons. The number of urea groups is 1. The van der Waals surface area contributed by atoms with Crippen LogP contribution in [0.5, 0.6) is 0 Å². The number of halogens is 1. The molecule has 30 heavy (non-hydrogen) atoms. The number of aromatic nitrogens is 2. The van der Waals surface area contributed by atoms with E-state index in [0.717, 1.165) is 18.4 Å². The van der Waals surface area contributed by atoms with E-state index in [4.69, 9.17) is 9.26 Å². The third-order valence-corrected chi connectivity index (χ3v) is 4.95. The molecule has 0 aliphatic carbocycles. The predicted molar refractivity (Wildman–Crippen MR) is 109 cm³/mol. The molecule has 8 heteroatoms. The summed E-state index contributed by atoms with van der Waals surface area (Å²) in [6.07, 6.45) is 2.14. The Hall–Kier alpha value is -3.26. The molecule has 0 saturated carbocycles. The number of carbonyl (C=O) groups excluding carboxylic acids is 1. The molecule has 2 heterocycles. The number of piperidine rings is 1. The number of anilines is 1. The Morgan fingerprint density at radius 1 is 1.20 bits per heavy atom. The van der Waals surface area contributed by atoms with Gasteiger partial charge in [-0.25, -0.2) is 9.18 Å². The van der Waals surface area contributed by atoms with Crippen molar-refractivity contribution in [3.05, 3.63) is 66.2 Å². The van der Waals surface area contributed by atoms with E-state index in [2.05, 4.69) is 15.5 Å². The Kier molecular flexibility index (Phi) is 6.34. The number of hydrogen-bond donors (Lipinski definition) is 1. The van der Waals surface area contributed by atoms with Crippen LogP contribution >= 0.6 is 0 Å². The largest absolute Gasteiger partial charge is 0.376 e. The molecule has 1 unspecified atom stereocenters. The molecule has 1 aliphatic rings. The fourth-order valence-corrected chi connectivity index (χ4v) is 3.39. The Morgan fingerprint density at radius 2 is 2.00 bits per heavy atom. The van der Waals surface area contributed by atoms with E-state index in [1.165, 1.54) is 6.07 Å².